The van der Waals surface area contributed by atoms with Gasteiger partial charge < -0.3 is 9.64 Å². The first-order chi connectivity index (χ1) is 21.3. The quantitative estimate of drug-likeness (QED) is 0.122. The summed E-state index contributed by atoms with van der Waals surface area (Å²) in [6.45, 7) is 10.3. The van der Waals surface area contributed by atoms with Gasteiger partial charge >= 0.3 is 0 Å². The van der Waals surface area contributed by atoms with Gasteiger partial charge in [0.25, 0.3) is 0 Å². The van der Waals surface area contributed by atoms with E-state index in [-0.39, 0.29) is 28.3 Å². The monoisotopic (exact) mass is 700 g/mol. The number of nitrogens with zero attached hydrogens (tertiary/aromatic N) is 2. The Morgan fingerprint density at radius 1 is 0.889 bits per heavy atom. The molecule has 2 aromatic rings. The van der Waals surface area contributed by atoms with Crippen molar-refractivity contribution in [3.63, 3.8) is 0 Å². The van der Waals surface area contributed by atoms with E-state index >= 15 is 0 Å². The maximum absolute atomic E-state index is 12.7. The minimum Gasteiger partial charge on any atom is -0.492 e. The molecular weight excluding hydrogens is 644 g/mol. The van der Waals surface area contributed by atoms with Crippen LogP contribution in [0.1, 0.15) is 129 Å². The number of hydrogen-bond acceptors (Lipinski definition) is 3. The van der Waals surface area contributed by atoms with Crippen molar-refractivity contribution < 1.29 is 9.53 Å². The molecule has 3 rings (SSSR count). The summed E-state index contributed by atoms with van der Waals surface area (Å²) in [5.74, 6) is 0.717. The molecule has 45 heavy (non-hydrogen) atoms. The summed E-state index contributed by atoms with van der Waals surface area (Å²) in [4.78, 5) is 19.0. The van der Waals surface area contributed by atoms with Crippen LogP contribution in [0.4, 0.5) is 5.69 Å². The number of aliphatic imine (C=N–C) groups is 1. The molecule has 250 valence electrons. The van der Waals surface area contributed by atoms with Gasteiger partial charge in [0.15, 0.2) is 0 Å². The van der Waals surface area contributed by atoms with Crippen LogP contribution in [0.25, 0.3) is 0 Å². The lowest BCUT2D eigenvalue weighted by atomic mass is 9.76. The average molecular weight is 702 g/mol. The largest absolute Gasteiger partial charge is 0.492 e. The number of allylic oxidation sites excluding steroid dienone is 1. The molecular formula is C39H58BrClN2O2. The van der Waals surface area contributed by atoms with Crippen LogP contribution < -0.4 is 9.64 Å². The van der Waals surface area contributed by atoms with Gasteiger partial charge in [-0.25, -0.2) is 0 Å². The van der Waals surface area contributed by atoms with Crippen LogP contribution in [0.3, 0.4) is 0 Å². The van der Waals surface area contributed by atoms with Gasteiger partial charge in [0.05, 0.1) is 18.2 Å². The molecule has 0 spiro atoms. The molecule has 1 aliphatic heterocycles. The molecule has 1 heterocycles. The number of halogens is 2. The van der Waals surface area contributed by atoms with E-state index in [9.17, 15) is 4.79 Å². The van der Waals surface area contributed by atoms with Gasteiger partial charge in [0.1, 0.15) is 5.75 Å². The van der Waals surface area contributed by atoms with Crippen LogP contribution in [-0.2, 0) is 17.8 Å². The summed E-state index contributed by atoms with van der Waals surface area (Å²) in [5, 5.41) is 0.596. The third-order valence-corrected chi connectivity index (χ3v) is 9.41. The van der Waals surface area contributed by atoms with E-state index in [0.717, 1.165) is 30.6 Å². The summed E-state index contributed by atoms with van der Waals surface area (Å²) < 4.78 is 6.01. The highest BCUT2D eigenvalue weighted by atomic mass is 79.9. The lowest BCUT2D eigenvalue weighted by molar-refractivity contribution is -0.116. The number of dihydropyridines is 1. The lowest BCUT2D eigenvalue weighted by Gasteiger charge is -2.31. The van der Waals surface area contributed by atoms with E-state index in [4.69, 9.17) is 16.3 Å². The summed E-state index contributed by atoms with van der Waals surface area (Å²) in [6.07, 6.45) is 23.7. The first kappa shape index (κ1) is 39.1. The molecule has 2 aromatic carbocycles. The molecule has 0 N–H and O–H groups in total. The molecule has 0 saturated heterocycles. The third kappa shape index (κ3) is 14.0. The minimum absolute atomic E-state index is 0. The fourth-order valence-corrected chi connectivity index (χ4v) is 6.29. The molecule has 1 amide bonds. The van der Waals surface area contributed by atoms with E-state index in [1.807, 2.05) is 41.4 Å². The highest BCUT2D eigenvalue weighted by Crippen LogP contribution is 2.34. The Hall–Kier alpha value is -2.11. The number of carbonyl (C=O) groups is 1. The maximum atomic E-state index is 12.7. The van der Waals surface area contributed by atoms with Crippen LogP contribution in [0.15, 0.2) is 59.1 Å². The van der Waals surface area contributed by atoms with E-state index in [2.05, 4.69) is 44.0 Å². The van der Waals surface area contributed by atoms with Crippen LogP contribution in [0, 0.1) is 5.41 Å². The standard InChI is InChI=1S/C39H57ClN2O2.BrH/c1-5-6-7-8-9-10-11-12-13-14-15-16-17-18-26-44-38-23-22-35(28-37(38)40)30-42(33(3)43)36-21-19-20-34(27-36)29-39(4)31-41-25-24-32(39)2;/h19-25,27-28H,5-18,26,29-31H2,1-4H3;1H. The number of amides is 1. The summed E-state index contributed by atoms with van der Waals surface area (Å²) in [7, 11) is 0. The average Bonchev–Trinajstić information content (AvgIpc) is 3.00. The van der Waals surface area contributed by atoms with Crippen molar-refractivity contribution in [3.8, 4) is 5.75 Å². The zero-order valence-electron chi connectivity index (χ0n) is 28.4. The zero-order valence-corrected chi connectivity index (χ0v) is 30.9. The smallest absolute Gasteiger partial charge is 0.224 e. The maximum Gasteiger partial charge on any atom is 0.224 e. The van der Waals surface area contributed by atoms with Crippen LogP contribution in [0.5, 0.6) is 5.75 Å². The van der Waals surface area contributed by atoms with E-state index < -0.39 is 0 Å². The van der Waals surface area contributed by atoms with Gasteiger partial charge in [-0.15, -0.1) is 17.0 Å². The first-order valence-corrected chi connectivity index (χ1v) is 17.7. The Morgan fingerprint density at radius 2 is 1.51 bits per heavy atom. The van der Waals surface area contributed by atoms with E-state index in [1.54, 1.807) is 6.92 Å². The summed E-state index contributed by atoms with van der Waals surface area (Å²) >= 11 is 6.62. The second-order valence-electron chi connectivity index (χ2n) is 13.1. The zero-order chi connectivity index (χ0) is 31.6. The van der Waals surface area contributed by atoms with Gasteiger partial charge in [-0.2, -0.15) is 0 Å². The fraction of sp³-hybridized carbons (Fsp3) is 0.590. The molecule has 6 heteroatoms. The topological polar surface area (TPSA) is 41.9 Å². The molecule has 1 aliphatic rings. The third-order valence-electron chi connectivity index (χ3n) is 9.11. The van der Waals surface area contributed by atoms with Crippen molar-refractivity contribution in [2.24, 2.45) is 10.4 Å². The molecule has 0 aliphatic carbocycles. The molecule has 0 aromatic heterocycles. The predicted molar refractivity (Wildman–Crippen MR) is 200 cm³/mol. The van der Waals surface area contributed by atoms with Crippen molar-refractivity contribution in [2.45, 2.75) is 131 Å². The van der Waals surface area contributed by atoms with E-state index in [1.165, 1.54) is 94.6 Å². The van der Waals surface area contributed by atoms with Gasteiger partial charge in [-0.3, -0.25) is 9.79 Å². The van der Waals surface area contributed by atoms with Crippen LogP contribution in [-0.4, -0.2) is 25.3 Å². The summed E-state index contributed by atoms with van der Waals surface area (Å²) in [6, 6.07) is 14.2. The lowest BCUT2D eigenvalue weighted by Crippen LogP contribution is -2.29. The van der Waals surface area contributed by atoms with Gasteiger partial charge in [-0.05, 0) is 61.2 Å². The molecule has 1 unspecified atom stereocenters. The fourth-order valence-electron chi connectivity index (χ4n) is 6.03. The Bertz CT molecular complexity index is 1210. The van der Waals surface area contributed by atoms with Crippen molar-refractivity contribution in [1.82, 2.24) is 0 Å². The second kappa shape index (κ2) is 21.6. The minimum atomic E-state index is -0.00947. The number of carbonyl (C=O) groups excluding carboxylic acids is 1. The van der Waals surface area contributed by atoms with Crippen LogP contribution >= 0.6 is 28.6 Å². The number of unbranched alkanes of at least 4 members (excludes halogenated alkanes) is 13. The molecule has 0 fully saturated rings. The first-order valence-electron chi connectivity index (χ1n) is 17.3. The van der Waals surface area contributed by atoms with Crippen molar-refractivity contribution >= 4 is 46.4 Å². The van der Waals surface area contributed by atoms with Gasteiger partial charge in [0.2, 0.25) is 5.91 Å². The Morgan fingerprint density at radius 3 is 2.09 bits per heavy atom. The Kier molecular flexibility index (Phi) is 18.8. The van der Waals surface area contributed by atoms with Crippen molar-refractivity contribution in [3.05, 3.63) is 70.3 Å². The van der Waals surface area contributed by atoms with E-state index in [0.29, 0.717) is 23.9 Å². The normalized spacial score (nSPS) is 15.8. The molecule has 1 atom stereocenters. The van der Waals surface area contributed by atoms with Crippen molar-refractivity contribution in [1.29, 1.82) is 0 Å². The number of ether oxygens (including phenoxy) is 1. The number of anilines is 1. The molecule has 0 radical (unpaired) electrons. The number of hydrogen-bond donors (Lipinski definition) is 0. The number of benzene rings is 2. The predicted octanol–water partition coefficient (Wildman–Crippen LogP) is 11.9. The second-order valence-corrected chi connectivity index (χ2v) is 13.5. The Labute approximate surface area is 289 Å². The molecule has 0 saturated carbocycles. The summed E-state index contributed by atoms with van der Waals surface area (Å²) in [5.41, 5.74) is 4.40. The molecule has 4 nitrogen and oxygen atoms in total. The SMILES string of the molecule is Br.CCCCCCCCCCCCCCCCOc1ccc(CN(C(C)=O)c2cccc(CC3(C)CN=CC=C3C)c2)cc1Cl. The van der Waals surface area contributed by atoms with Crippen LogP contribution in [0.2, 0.25) is 5.02 Å². The highest BCUT2D eigenvalue weighted by Gasteiger charge is 2.28. The van der Waals surface area contributed by atoms with Crippen molar-refractivity contribution in [2.75, 3.05) is 18.1 Å². The highest BCUT2D eigenvalue weighted by molar-refractivity contribution is 8.93. The number of rotatable bonds is 21. The Balaban J connectivity index is 0.00000705. The molecule has 0 bridgehead atoms. The van der Waals surface area contributed by atoms with Gasteiger partial charge in [-0.1, -0.05) is 133 Å². The van der Waals surface area contributed by atoms with Gasteiger partial charge in [0, 0.05) is 30.8 Å².